The van der Waals surface area contributed by atoms with Gasteiger partial charge in [-0.15, -0.1) is 10.2 Å². The molecule has 0 radical (unpaired) electrons. The highest BCUT2D eigenvalue weighted by molar-refractivity contribution is 7.99. The number of anilines is 1. The zero-order chi connectivity index (χ0) is 30.4. The van der Waals surface area contributed by atoms with Crippen LogP contribution in [0, 0.1) is 11.6 Å². The lowest BCUT2D eigenvalue weighted by atomic mass is 10.2. The number of ether oxygens (including phenoxy) is 1. The number of hydrogen-bond donors (Lipinski definition) is 2. The molecule has 5 rings (SSSR count). The molecule has 1 saturated heterocycles. The second kappa shape index (κ2) is 13.4. The molecule has 1 aliphatic rings. The molecule has 2 N–H and O–H groups in total. The van der Waals surface area contributed by atoms with Gasteiger partial charge in [-0.05, 0) is 72.8 Å². The van der Waals surface area contributed by atoms with E-state index < -0.39 is 27.6 Å². The normalized spacial score (nSPS) is 13.9. The van der Waals surface area contributed by atoms with Crippen molar-refractivity contribution >= 4 is 39.3 Å². The van der Waals surface area contributed by atoms with Crippen LogP contribution in [-0.4, -0.2) is 71.4 Å². The number of aromatic nitrogens is 3. The van der Waals surface area contributed by atoms with E-state index in [4.69, 9.17) is 4.74 Å². The van der Waals surface area contributed by atoms with Crippen LogP contribution in [0.4, 0.5) is 14.5 Å². The summed E-state index contributed by atoms with van der Waals surface area (Å²) in [7, 11) is -3.70. The Hall–Kier alpha value is -4.18. The summed E-state index contributed by atoms with van der Waals surface area (Å²) in [5.41, 5.74) is 1.18. The summed E-state index contributed by atoms with van der Waals surface area (Å²) >= 11 is 1.07. The topological polar surface area (TPSA) is 136 Å². The summed E-state index contributed by atoms with van der Waals surface area (Å²) in [6, 6.07) is 16.5. The zero-order valence-corrected chi connectivity index (χ0v) is 24.2. The SMILES string of the molecule is O=C(CSc1nnc(CNC(=O)c2ccc(S(=O)(=O)N3CCOCC3)cc2)n1-c1ccc(F)cc1)Nc1ccc(F)cc1. The first kappa shape index (κ1) is 30.3. The minimum atomic E-state index is -3.70. The number of sulfonamides is 1. The van der Waals surface area contributed by atoms with Gasteiger partial charge in [-0.25, -0.2) is 17.2 Å². The first-order valence-corrected chi connectivity index (χ1v) is 15.5. The Morgan fingerprint density at radius 2 is 1.51 bits per heavy atom. The van der Waals surface area contributed by atoms with E-state index in [9.17, 15) is 26.8 Å². The van der Waals surface area contributed by atoms with E-state index in [0.717, 1.165) is 11.8 Å². The molecule has 224 valence electrons. The lowest BCUT2D eigenvalue weighted by molar-refractivity contribution is -0.113. The maximum Gasteiger partial charge on any atom is 0.251 e. The first-order valence-electron chi connectivity index (χ1n) is 13.1. The molecule has 43 heavy (non-hydrogen) atoms. The van der Waals surface area contributed by atoms with Crippen LogP contribution in [0.2, 0.25) is 0 Å². The summed E-state index contributed by atoms with van der Waals surface area (Å²) in [6.07, 6.45) is 0. The molecule has 11 nitrogen and oxygen atoms in total. The smallest absolute Gasteiger partial charge is 0.251 e. The number of amides is 2. The van der Waals surface area contributed by atoms with Crippen LogP contribution in [0.25, 0.3) is 5.69 Å². The van der Waals surface area contributed by atoms with Crippen molar-refractivity contribution in [3.05, 3.63) is 95.8 Å². The van der Waals surface area contributed by atoms with Crippen LogP contribution in [-0.2, 0) is 26.1 Å². The molecule has 0 saturated carbocycles. The van der Waals surface area contributed by atoms with Gasteiger partial charge in [-0.2, -0.15) is 4.31 Å². The first-order chi connectivity index (χ1) is 20.7. The van der Waals surface area contributed by atoms with E-state index in [1.54, 1.807) is 4.57 Å². The van der Waals surface area contributed by atoms with Gasteiger partial charge in [0.25, 0.3) is 5.91 Å². The van der Waals surface area contributed by atoms with Crippen LogP contribution in [0.15, 0.2) is 82.8 Å². The van der Waals surface area contributed by atoms with E-state index in [2.05, 4.69) is 20.8 Å². The fourth-order valence-corrected chi connectivity index (χ4v) is 6.37. The Bertz CT molecular complexity index is 1690. The third kappa shape index (κ3) is 7.43. The molecule has 0 bridgehead atoms. The van der Waals surface area contributed by atoms with Crippen molar-refractivity contribution in [2.45, 2.75) is 16.6 Å². The third-order valence-electron chi connectivity index (χ3n) is 6.38. The predicted octanol–water partition coefficient (Wildman–Crippen LogP) is 3.23. The van der Waals surface area contributed by atoms with Gasteiger partial charge in [-0.1, -0.05) is 11.8 Å². The van der Waals surface area contributed by atoms with E-state index in [0.29, 0.717) is 35.6 Å². The van der Waals surface area contributed by atoms with Gasteiger partial charge in [0.1, 0.15) is 11.6 Å². The van der Waals surface area contributed by atoms with Crippen LogP contribution < -0.4 is 10.6 Å². The molecule has 0 spiro atoms. The number of carbonyl (C=O) groups is 2. The van der Waals surface area contributed by atoms with E-state index in [1.165, 1.54) is 77.1 Å². The lowest BCUT2D eigenvalue weighted by Crippen LogP contribution is -2.40. The highest BCUT2D eigenvalue weighted by Crippen LogP contribution is 2.23. The number of nitrogens with zero attached hydrogens (tertiary/aromatic N) is 4. The second-order valence-electron chi connectivity index (χ2n) is 9.28. The van der Waals surface area contributed by atoms with Crippen LogP contribution in [0.5, 0.6) is 0 Å². The van der Waals surface area contributed by atoms with Gasteiger partial charge in [0.2, 0.25) is 15.9 Å². The Balaban J connectivity index is 1.27. The van der Waals surface area contributed by atoms with Crippen molar-refractivity contribution in [3.8, 4) is 5.69 Å². The van der Waals surface area contributed by atoms with Gasteiger partial charge >= 0.3 is 0 Å². The lowest BCUT2D eigenvalue weighted by Gasteiger charge is -2.26. The standard InChI is InChI=1S/C28H26F2N6O5S2/c29-20-3-7-22(8-4-20)32-26(37)18-42-28-34-33-25(36(28)23-9-5-21(30)6-10-23)17-31-27(38)19-1-11-24(12-2-19)43(39,40)35-13-15-41-16-14-35/h1-12H,13-18H2,(H,31,38)(H,32,37). The highest BCUT2D eigenvalue weighted by Gasteiger charge is 2.26. The fraction of sp³-hybridized carbons (Fsp3) is 0.214. The fourth-order valence-electron chi connectivity index (χ4n) is 4.19. The maximum absolute atomic E-state index is 13.6. The van der Waals surface area contributed by atoms with Crippen LogP contribution in [0.3, 0.4) is 0 Å². The summed E-state index contributed by atoms with van der Waals surface area (Å²) in [5.74, 6) is -1.45. The molecular formula is C28H26F2N6O5S2. The van der Waals surface area contributed by atoms with Crippen molar-refractivity contribution in [2.75, 3.05) is 37.4 Å². The van der Waals surface area contributed by atoms with Gasteiger partial charge in [0.15, 0.2) is 11.0 Å². The molecule has 2 heterocycles. The average molecular weight is 629 g/mol. The second-order valence-corrected chi connectivity index (χ2v) is 12.2. The van der Waals surface area contributed by atoms with Crippen molar-refractivity contribution in [1.29, 1.82) is 0 Å². The zero-order valence-electron chi connectivity index (χ0n) is 22.6. The number of carbonyl (C=O) groups excluding carboxylic acids is 2. The molecule has 3 aromatic carbocycles. The van der Waals surface area contributed by atoms with Crippen molar-refractivity contribution in [2.24, 2.45) is 0 Å². The maximum atomic E-state index is 13.6. The molecule has 0 atom stereocenters. The molecule has 2 amide bonds. The highest BCUT2D eigenvalue weighted by atomic mass is 32.2. The third-order valence-corrected chi connectivity index (χ3v) is 9.22. The number of hydrogen-bond acceptors (Lipinski definition) is 8. The van der Waals surface area contributed by atoms with Gasteiger partial charge in [0.05, 0.1) is 30.4 Å². The predicted molar refractivity (Wildman–Crippen MR) is 154 cm³/mol. The quantitative estimate of drug-likeness (QED) is 0.256. The van der Waals surface area contributed by atoms with E-state index in [1.807, 2.05) is 0 Å². The number of morpholine rings is 1. The summed E-state index contributed by atoms with van der Waals surface area (Å²) in [4.78, 5) is 25.5. The summed E-state index contributed by atoms with van der Waals surface area (Å²) < 4.78 is 60.7. The van der Waals surface area contributed by atoms with E-state index in [-0.39, 0.29) is 41.8 Å². The Morgan fingerprint density at radius 3 is 2.16 bits per heavy atom. The van der Waals surface area contributed by atoms with E-state index >= 15 is 0 Å². The molecule has 0 unspecified atom stereocenters. The Morgan fingerprint density at radius 1 is 0.884 bits per heavy atom. The van der Waals surface area contributed by atoms with Crippen LogP contribution >= 0.6 is 11.8 Å². The minimum Gasteiger partial charge on any atom is -0.379 e. The van der Waals surface area contributed by atoms with Crippen LogP contribution in [0.1, 0.15) is 16.2 Å². The molecular weight excluding hydrogens is 602 g/mol. The molecule has 15 heteroatoms. The Kier molecular flexibility index (Phi) is 9.45. The number of thioether (sulfide) groups is 1. The van der Waals surface area contributed by atoms with Crippen molar-refractivity contribution in [3.63, 3.8) is 0 Å². The molecule has 4 aromatic rings. The average Bonchev–Trinajstić information content (AvgIpc) is 3.43. The molecule has 1 fully saturated rings. The molecule has 1 aromatic heterocycles. The monoisotopic (exact) mass is 628 g/mol. The number of nitrogens with one attached hydrogen (secondary N) is 2. The minimum absolute atomic E-state index is 0.0528. The number of benzene rings is 3. The van der Waals surface area contributed by atoms with Gasteiger partial charge < -0.3 is 15.4 Å². The molecule has 1 aliphatic heterocycles. The van der Waals surface area contributed by atoms with Gasteiger partial charge in [-0.3, -0.25) is 14.2 Å². The Labute approximate surface area is 250 Å². The number of rotatable bonds is 10. The largest absolute Gasteiger partial charge is 0.379 e. The summed E-state index contributed by atoms with van der Waals surface area (Å²) in [6.45, 7) is 1.10. The molecule has 0 aliphatic carbocycles. The van der Waals surface area contributed by atoms with Crippen molar-refractivity contribution in [1.82, 2.24) is 24.4 Å². The van der Waals surface area contributed by atoms with Gasteiger partial charge in [0, 0.05) is 30.0 Å². The number of halogens is 2. The summed E-state index contributed by atoms with van der Waals surface area (Å²) in [5, 5.41) is 14.1. The van der Waals surface area contributed by atoms with Crippen molar-refractivity contribution < 1.29 is 31.5 Å².